The van der Waals surface area contributed by atoms with Crippen molar-refractivity contribution >= 4 is 5.91 Å². The van der Waals surface area contributed by atoms with Gasteiger partial charge in [-0.3, -0.25) is 9.63 Å². The number of amides is 1. The van der Waals surface area contributed by atoms with Crippen molar-refractivity contribution in [2.24, 2.45) is 0 Å². The maximum absolute atomic E-state index is 12.7. The van der Waals surface area contributed by atoms with Gasteiger partial charge in [0.25, 0.3) is 0 Å². The van der Waals surface area contributed by atoms with E-state index < -0.39 is 0 Å². The first-order valence-corrected chi connectivity index (χ1v) is 7.18. The first-order chi connectivity index (χ1) is 9.63. The van der Waals surface area contributed by atoms with Crippen LogP contribution in [-0.4, -0.2) is 25.1 Å². The fourth-order valence-corrected chi connectivity index (χ4v) is 1.69. The van der Waals surface area contributed by atoms with Crippen molar-refractivity contribution in [3.8, 4) is 0 Å². The van der Waals surface area contributed by atoms with Crippen LogP contribution in [0.4, 0.5) is 4.39 Å². The van der Waals surface area contributed by atoms with Crippen LogP contribution >= 0.6 is 0 Å². The zero-order chi connectivity index (χ0) is 15.4. The maximum Gasteiger partial charge on any atom is 0.245 e. The van der Waals surface area contributed by atoms with Gasteiger partial charge in [0, 0.05) is 13.5 Å². The molecule has 0 bridgehead atoms. The summed E-state index contributed by atoms with van der Waals surface area (Å²) in [6.07, 6.45) is 4.28. The van der Waals surface area contributed by atoms with E-state index in [-0.39, 0.29) is 11.7 Å². The van der Waals surface area contributed by atoms with Gasteiger partial charge in [0.05, 0.1) is 7.11 Å². The third kappa shape index (κ3) is 7.89. The molecule has 114 valence electrons. The number of halogens is 1. The van der Waals surface area contributed by atoms with Crippen LogP contribution in [0.25, 0.3) is 0 Å². The highest BCUT2D eigenvalue weighted by Gasteiger charge is 2.06. The summed E-state index contributed by atoms with van der Waals surface area (Å²) in [4.78, 5) is 16.2. The van der Waals surface area contributed by atoms with Gasteiger partial charge in [-0.15, -0.1) is 0 Å². The second-order valence-corrected chi connectivity index (χ2v) is 4.26. The number of hydrogen-bond acceptors (Lipinski definition) is 2. The first-order valence-electron chi connectivity index (χ1n) is 7.18. The van der Waals surface area contributed by atoms with Gasteiger partial charge in [0.2, 0.25) is 5.91 Å². The quantitative estimate of drug-likeness (QED) is 0.559. The molecule has 0 saturated heterocycles. The Morgan fingerprint density at radius 2 is 1.75 bits per heavy atom. The van der Waals surface area contributed by atoms with Crippen LogP contribution in [0.2, 0.25) is 0 Å². The molecule has 0 unspecified atom stereocenters. The van der Waals surface area contributed by atoms with Gasteiger partial charge in [-0.1, -0.05) is 32.4 Å². The molecule has 0 fully saturated rings. The molecule has 4 heteroatoms. The second kappa shape index (κ2) is 11.4. The van der Waals surface area contributed by atoms with E-state index in [1.807, 2.05) is 13.8 Å². The molecule has 1 aromatic rings. The van der Waals surface area contributed by atoms with Gasteiger partial charge in [0.1, 0.15) is 5.82 Å². The number of nitrogens with zero attached hydrogens (tertiary/aromatic N) is 1. The minimum atomic E-state index is -0.202. The van der Waals surface area contributed by atoms with E-state index in [0.717, 1.165) is 31.2 Å². The lowest BCUT2D eigenvalue weighted by Gasteiger charge is -2.13. The molecule has 0 aliphatic heterocycles. The third-order valence-electron chi connectivity index (χ3n) is 2.89. The molecule has 3 nitrogen and oxygen atoms in total. The van der Waals surface area contributed by atoms with Crippen molar-refractivity contribution in [1.82, 2.24) is 5.06 Å². The number of aryl methyl sites for hydroxylation is 1. The zero-order valence-corrected chi connectivity index (χ0v) is 13.0. The predicted octanol–water partition coefficient (Wildman–Crippen LogP) is 3.97. The lowest BCUT2D eigenvalue weighted by atomic mass is 10.1. The number of unbranched alkanes of at least 4 members (excludes halogenated alkanes) is 2. The Bertz CT molecular complexity index is 365. The molecule has 0 saturated carbocycles. The van der Waals surface area contributed by atoms with Gasteiger partial charge in [-0.2, -0.15) is 0 Å². The second-order valence-electron chi connectivity index (χ2n) is 4.26. The molecule has 20 heavy (non-hydrogen) atoms. The van der Waals surface area contributed by atoms with Crippen molar-refractivity contribution in [3.05, 3.63) is 35.6 Å². The highest BCUT2D eigenvalue weighted by Crippen LogP contribution is 2.09. The predicted molar refractivity (Wildman–Crippen MR) is 79.7 cm³/mol. The van der Waals surface area contributed by atoms with Gasteiger partial charge in [-0.25, -0.2) is 9.45 Å². The standard InChI is InChI=1S/C14H20FNO2.C2H6/c1-16(18-2)14(17)7-5-3-4-6-12-8-10-13(15)11-9-12;1-2/h8-11H,3-7H2,1-2H3;1-2H3. The average Bonchev–Trinajstić information content (AvgIpc) is 2.49. The van der Waals surface area contributed by atoms with Crippen LogP contribution < -0.4 is 0 Å². The van der Waals surface area contributed by atoms with Crippen LogP contribution in [0, 0.1) is 5.82 Å². The van der Waals surface area contributed by atoms with E-state index >= 15 is 0 Å². The van der Waals surface area contributed by atoms with Crippen LogP contribution in [0.3, 0.4) is 0 Å². The van der Waals surface area contributed by atoms with E-state index in [9.17, 15) is 9.18 Å². The maximum atomic E-state index is 12.7. The summed E-state index contributed by atoms with van der Waals surface area (Å²) in [5.41, 5.74) is 1.14. The lowest BCUT2D eigenvalue weighted by molar-refractivity contribution is -0.168. The summed E-state index contributed by atoms with van der Waals surface area (Å²) in [6, 6.07) is 6.57. The molecule has 0 heterocycles. The van der Waals surface area contributed by atoms with Gasteiger partial charge in [0.15, 0.2) is 0 Å². The molecular formula is C16H26FNO2. The third-order valence-corrected chi connectivity index (χ3v) is 2.89. The highest BCUT2D eigenvalue weighted by molar-refractivity contribution is 5.74. The number of carbonyl (C=O) groups is 1. The van der Waals surface area contributed by atoms with Crippen molar-refractivity contribution in [3.63, 3.8) is 0 Å². The summed E-state index contributed by atoms with van der Waals surface area (Å²) in [5, 5.41) is 1.25. The molecular weight excluding hydrogens is 257 g/mol. The molecule has 1 rings (SSSR count). The van der Waals surface area contributed by atoms with Gasteiger partial charge in [-0.05, 0) is 37.0 Å². The molecule has 0 N–H and O–H groups in total. The Morgan fingerprint density at radius 1 is 1.15 bits per heavy atom. The van der Waals surface area contributed by atoms with Gasteiger partial charge < -0.3 is 0 Å². The summed E-state index contributed by atoms with van der Waals surface area (Å²) in [5.74, 6) is -0.203. The first kappa shape index (κ1) is 18.6. The molecule has 0 spiro atoms. The molecule has 0 radical (unpaired) electrons. The Morgan fingerprint density at radius 3 is 2.30 bits per heavy atom. The van der Waals surface area contributed by atoms with Crippen LogP contribution in [0.1, 0.15) is 45.1 Å². The zero-order valence-electron chi connectivity index (χ0n) is 13.0. The number of hydroxylamine groups is 2. The Labute approximate surface area is 121 Å². The lowest BCUT2D eigenvalue weighted by Crippen LogP contribution is -2.24. The monoisotopic (exact) mass is 283 g/mol. The minimum Gasteiger partial charge on any atom is -0.275 e. The number of hydrogen-bond donors (Lipinski definition) is 0. The number of carbonyl (C=O) groups excluding carboxylic acids is 1. The van der Waals surface area contributed by atoms with Crippen LogP contribution in [0.15, 0.2) is 24.3 Å². The van der Waals surface area contributed by atoms with E-state index in [1.165, 1.54) is 24.3 Å². The van der Waals surface area contributed by atoms with Crippen molar-refractivity contribution in [2.45, 2.75) is 46.0 Å². The summed E-state index contributed by atoms with van der Waals surface area (Å²) >= 11 is 0. The summed E-state index contributed by atoms with van der Waals surface area (Å²) in [7, 11) is 3.09. The normalized spacial score (nSPS) is 9.65. The fourth-order valence-electron chi connectivity index (χ4n) is 1.69. The summed E-state index contributed by atoms with van der Waals surface area (Å²) < 4.78 is 12.7. The smallest absolute Gasteiger partial charge is 0.245 e. The highest BCUT2D eigenvalue weighted by atomic mass is 19.1. The van der Waals surface area contributed by atoms with E-state index in [4.69, 9.17) is 4.84 Å². The molecule has 1 aromatic carbocycles. The fraction of sp³-hybridized carbons (Fsp3) is 0.562. The Balaban J connectivity index is 0.00000172. The van der Waals surface area contributed by atoms with E-state index in [2.05, 4.69) is 0 Å². The minimum absolute atomic E-state index is 0.000665. The topological polar surface area (TPSA) is 29.5 Å². The van der Waals surface area contributed by atoms with Crippen LogP contribution in [-0.2, 0) is 16.1 Å². The average molecular weight is 283 g/mol. The Kier molecular flexibility index (Phi) is 10.6. The molecule has 0 atom stereocenters. The molecule has 0 aliphatic carbocycles. The van der Waals surface area contributed by atoms with Gasteiger partial charge >= 0.3 is 0 Å². The number of benzene rings is 1. The Hall–Kier alpha value is -1.42. The molecule has 1 amide bonds. The van der Waals surface area contributed by atoms with E-state index in [1.54, 1.807) is 19.2 Å². The molecule has 0 aliphatic rings. The molecule has 0 aromatic heterocycles. The number of rotatable bonds is 7. The van der Waals surface area contributed by atoms with E-state index in [0.29, 0.717) is 6.42 Å². The van der Waals surface area contributed by atoms with Crippen LogP contribution in [0.5, 0.6) is 0 Å². The van der Waals surface area contributed by atoms with Crippen molar-refractivity contribution < 1.29 is 14.0 Å². The SMILES string of the molecule is CC.CON(C)C(=O)CCCCCc1ccc(F)cc1. The van der Waals surface area contributed by atoms with Crippen molar-refractivity contribution in [1.29, 1.82) is 0 Å². The largest absolute Gasteiger partial charge is 0.275 e. The summed E-state index contributed by atoms with van der Waals surface area (Å²) in [6.45, 7) is 4.00. The van der Waals surface area contributed by atoms with Crippen molar-refractivity contribution in [2.75, 3.05) is 14.2 Å².